The molecule has 0 aliphatic heterocycles. The van der Waals surface area contributed by atoms with E-state index in [4.69, 9.17) is 17.3 Å². The highest BCUT2D eigenvalue weighted by molar-refractivity contribution is 6.32. The molecule has 2 heterocycles. The SMILES string of the molecule is Nc1ccc[nH+]c1NCCNc1[nH+]cc(C(F)(F)F)cc1Cl. The smallest absolute Gasteiger partial charge is 0.392 e. The van der Waals surface area contributed by atoms with Crippen molar-refractivity contribution in [1.29, 1.82) is 0 Å². The first-order valence-electron chi connectivity index (χ1n) is 6.40. The number of pyridine rings is 2. The molecule has 0 radical (unpaired) electrons. The van der Waals surface area contributed by atoms with E-state index >= 15 is 0 Å². The summed E-state index contributed by atoms with van der Waals surface area (Å²) in [6, 6.07) is 4.39. The predicted octanol–water partition coefficient (Wildman–Crippen LogP) is 2.09. The zero-order valence-corrected chi connectivity index (χ0v) is 12.1. The lowest BCUT2D eigenvalue weighted by Gasteiger charge is -2.06. The lowest BCUT2D eigenvalue weighted by atomic mass is 10.3. The van der Waals surface area contributed by atoms with Crippen molar-refractivity contribution in [2.75, 3.05) is 29.5 Å². The van der Waals surface area contributed by atoms with E-state index in [0.29, 0.717) is 30.4 Å². The maximum absolute atomic E-state index is 12.5. The molecule has 0 saturated carbocycles. The summed E-state index contributed by atoms with van der Waals surface area (Å²) in [5, 5.41) is 5.94. The molecule has 0 fully saturated rings. The van der Waals surface area contributed by atoms with Crippen LogP contribution < -0.4 is 26.3 Å². The number of aromatic nitrogens is 2. The normalized spacial score (nSPS) is 11.3. The fourth-order valence-corrected chi connectivity index (χ4v) is 1.99. The van der Waals surface area contributed by atoms with Gasteiger partial charge in [-0.25, -0.2) is 9.97 Å². The molecule has 6 N–H and O–H groups in total. The standard InChI is InChI=1S/C13H13ClF3N5/c14-9-6-8(13(15,16)17)7-22-11(9)20-4-5-21-12-10(18)2-1-3-19-12/h1-3,6-7H,4-5,18H2,(H,19,21)(H,20,22)/p+2. The number of aromatic amines is 2. The van der Waals surface area contributed by atoms with Crippen LogP contribution in [-0.4, -0.2) is 13.1 Å². The summed E-state index contributed by atoms with van der Waals surface area (Å²) < 4.78 is 37.5. The van der Waals surface area contributed by atoms with Crippen molar-refractivity contribution in [3.8, 4) is 0 Å². The highest BCUT2D eigenvalue weighted by Crippen LogP contribution is 2.30. The molecule has 22 heavy (non-hydrogen) atoms. The third-order valence-electron chi connectivity index (χ3n) is 2.84. The second-order valence-corrected chi connectivity index (χ2v) is 4.87. The fraction of sp³-hybridized carbons (Fsp3) is 0.231. The van der Waals surface area contributed by atoms with Gasteiger partial charge in [-0.1, -0.05) is 11.6 Å². The third kappa shape index (κ3) is 4.14. The highest BCUT2D eigenvalue weighted by atomic mass is 35.5. The molecular weight excluding hydrogens is 319 g/mol. The number of rotatable bonds is 5. The molecule has 0 amide bonds. The van der Waals surface area contributed by atoms with Gasteiger partial charge < -0.3 is 5.73 Å². The largest absolute Gasteiger partial charge is 0.419 e. The van der Waals surface area contributed by atoms with E-state index in [2.05, 4.69) is 20.6 Å². The minimum atomic E-state index is -4.43. The minimum absolute atomic E-state index is 0.0272. The van der Waals surface area contributed by atoms with Crippen molar-refractivity contribution in [2.24, 2.45) is 0 Å². The summed E-state index contributed by atoms with van der Waals surface area (Å²) >= 11 is 5.82. The van der Waals surface area contributed by atoms with Crippen molar-refractivity contribution < 1.29 is 23.1 Å². The minimum Gasteiger partial charge on any atom is -0.392 e. The van der Waals surface area contributed by atoms with Crippen LogP contribution in [0, 0.1) is 0 Å². The van der Waals surface area contributed by atoms with E-state index in [1.165, 1.54) is 0 Å². The molecular formula is C13H15ClF3N5+2. The first-order valence-corrected chi connectivity index (χ1v) is 6.78. The van der Waals surface area contributed by atoms with Crippen molar-refractivity contribution >= 4 is 28.9 Å². The summed E-state index contributed by atoms with van der Waals surface area (Å²) in [6.07, 6.45) is -1.84. The van der Waals surface area contributed by atoms with E-state index in [9.17, 15) is 13.2 Å². The zero-order chi connectivity index (χ0) is 16.2. The molecule has 0 spiro atoms. The third-order valence-corrected chi connectivity index (χ3v) is 3.14. The number of nitrogens with one attached hydrogen (secondary N) is 4. The number of nitrogens with two attached hydrogens (primary N) is 1. The van der Waals surface area contributed by atoms with Crippen molar-refractivity contribution in [3.05, 3.63) is 41.2 Å². The topological polar surface area (TPSA) is 78.4 Å². The van der Waals surface area contributed by atoms with Gasteiger partial charge in [-0.05, 0) is 18.2 Å². The van der Waals surface area contributed by atoms with Gasteiger partial charge in [0.15, 0.2) is 0 Å². The van der Waals surface area contributed by atoms with Crippen LogP contribution in [0.15, 0.2) is 30.6 Å². The van der Waals surface area contributed by atoms with Crippen LogP contribution in [0.5, 0.6) is 0 Å². The number of nitrogen functional groups attached to an aromatic ring is 1. The number of H-pyrrole nitrogens is 2. The highest BCUT2D eigenvalue weighted by Gasteiger charge is 2.32. The van der Waals surface area contributed by atoms with Crippen LogP contribution in [0.1, 0.15) is 5.56 Å². The second kappa shape index (κ2) is 6.69. The van der Waals surface area contributed by atoms with Gasteiger partial charge in [-0.3, -0.25) is 10.6 Å². The number of anilines is 3. The van der Waals surface area contributed by atoms with Gasteiger partial charge in [0.05, 0.1) is 11.8 Å². The van der Waals surface area contributed by atoms with Crippen LogP contribution >= 0.6 is 11.6 Å². The van der Waals surface area contributed by atoms with Crippen LogP contribution in [0.3, 0.4) is 0 Å². The predicted molar refractivity (Wildman–Crippen MR) is 77.4 cm³/mol. The molecule has 0 bridgehead atoms. The van der Waals surface area contributed by atoms with Gasteiger partial charge in [0.25, 0.3) is 11.6 Å². The van der Waals surface area contributed by atoms with Gasteiger partial charge in [0.1, 0.15) is 30.0 Å². The number of halogens is 4. The summed E-state index contributed by atoms with van der Waals surface area (Å²) in [7, 11) is 0. The summed E-state index contributed by atoms with van der Waals surface area (Å²) in [5.74, 6) is 0.994. The Kier molecular flexibility index (Phi) is 4.92. The summed E-state index contributed by atoms with van der Waals surface area (Å²) in [6.45, 7) is 0.930. The Morgan fingerprint density at radius 3 is 2.41 bits per heavy atom. The number of hydrogen-bond acceptors (Lipinski definition) is 3. The van der Waals surface area contributed by atoms with Crippen molar-refractivity contribution in [3.63, 3.8) is 0 Å². The van der Waals surface area contributed by atoms with Crippen molar-refractivity contribution in [2.45, 2.75) is 6.18 Å². The Balaban J connectivity index is 1.89. The monoisotopic (exact) mass is 333 g/mol. The Hall–Kier alpha value is -2.22. The summed E-state index contributed by atoms with van der Waals surface area (Å²) in [5.41, 5.74) is 5.49. The van der Waals surface area contributed by atoms with Crippen LogP contribution in [0.25, 0.3) is 0 Å². The maximum Gasteiger partial charge on any atom is 0.419 e. The lowest BCUT2D eigenvalue weighted by Crippen LogP contribution is -2.23. The van der Waals surface area contributed by atoms with Gasteiger partial charge in [-0.15, -0.1) is 0 Å². The lowest BCUT2D eigenvalue weighted by molar-refractivity contribution is -0.364. The number of hydrogen-bond donors (Lipinski definition) is 3. The van der Waals surface area contributed by atoms with E-state index in [1.54, 1.807) is 18.3 Å². The van der Waals surface area contributed by atoms with E-state index < -0.39 is 11.7 Å². The molecule has 0 aromatic carbocycles. The fourth-order valence-electron chi connectivity index (χ4n) is 1.75. The number of alkyl halides is 3. The van der Waals surface area contributed by atoms with Crippen molar-refractivity contribution in [1.82, 2.24) is 0 Å². The molecule has 2 aromatic heterocycles. The quantitative estimate of drug-likeness (QED) is 0.733. The van der Waals surface area contributed by atoms with Gasteiger partial charge in [-0.2, -0.15) is 13.2 Å². The van der Waals surface area contributed by atoms with Crippen LogP contribution in [0.2, 0.25) is 5.02 Å². The van der Waals surface area contributed by atoms with Gasteiger partial charge in [0.2, 0.25) is 0 Å². The summed E-state index contributed by atoms with van der Waals surface area (Å²) in [4.78, 5) is 5.45. The average molecular weight is 334 g/mol. The molecule has 0 aliphatic rings. The zero-order valence-electron chi connectivity index (χ0n) is 11.4. The molecule has 118 valence electrons. The second-order valence-electron chi connectivity index (χ2n) is 4.46. The first-order chi connectivity index (χ1) is 10.4. The Bertz CT molecular complexity index is 648. The van der Waals surface area contributed by atoms with E-state index in [0.717, 1.165) is 12.3 Å². The van der Waals surface area contributed by atoms with E-state index in [-0.39, 0.29) is 5.02 Å². The molecule has 0 atom stereocenters. The van der Waals surface area contributed by atoms with E-state index in [1.807, 2.05) is 0 Å². The molecule has 2 rings (SSSR count). The Morgan fingerprint density at radius 2 is 1.82 bits per heavy atom. The van der Waals surface area contributed by atoms with Gasteiger partial charge >= 0.3 is 6.18 Å². The maximum atomic E-state index is 12.5. The average Bonchev–Trinajstić information content (AvgIpc) is 2.45. The van der Waals surface area contributed by atoms with Gasteiger partial charge in [0, 0.05) is 0 Å². The molecule has 9 heteroatoms. The Morgan fingerprint density at radius 1 is 1.14 bits per heavy atom. The Labute approximate surface area is 129 Å². The van der Waals surface area contributed by atoms with Crippen LogP contribution in [0.4, 0.5) is 30.5 Å². The molecule has 5 nitrogen and oxygen atoms in total. The van der Waals surface area contributed by atoms with Crippen LogP contribution in [-0.2, 0) is 6.18 Å². The molecule has 2 aromatic rings. The molecule has 0 unspecified atom stereocenters. The molecule has 0 aliphatic carbocycles. The first kappa shape index (κ1) is 16.2. The molecule has 0 saturated heterocycles.